The highest BCUT2D eigenvalue weighted by atomic mass is 16.6. The number of ether oxygens (including phenoxy) is 1. The summed E-state index contributed by atoms with van der Waals surface area (Å²) in [5.74, 6) is -0.924. The van der Waals surface area contributed by atoms with Crippen LogP contribution in [-0.2, 0) is 9.53 Å². The summed E-state index contributed by atoms with van der Waals surface area (Å²) in [5.41, 5.74) is 1.06. The van der Waals surface area contributed by atoms with Crippen molar-refractivity contribution >= 4 is 12.1 Å². The Balaban J connectivity index is 2.05. The molecule has 1 fully saturated rings. The molecule has 0 saturated carbocycles. The smallest absolute Gasteiger partial charge is 0.410 e. The number of benzene rings is 1. The van der Waals surface area contributed by atoms with E-state index in [9.17, 15) is 14.7 Å². The maximum absolute atomic E-state index is 12.1. The molecule has 1 heterocycles. The molecule has 1 aromatic carbocycles. The highest BCUT2D eigenvalue weighted by Crippen LogP contribution is 2.32. The molecular formula is C16H21NO4. The number of amides is 1. The maximum Gasteiger partial charge on any atom is 0.410 e. The largest absolute Gasteiger partial charge is 0.480 e. The second kappa shape index (κ2) is 7.11. The van der Waals surface area contributed by atoms with Gasteiger partial charge < -0.3 is 9.84 Å². The van der Waals surface area contributed by atoms with E-state index >= 15 is 0 Å². The van der Waals surface area contributed by atoms with Crippen LogP contribution in [0.1, 0.15) is 37.7 Å². The molecule has 0 aliphatic carbocycles. The number of aliphatic carboxylic acids is 1. The monoisotopic (exact) mass is 291 g/mol. The van der Waals surface area contributed by atoms with Crippen molar-refractivity contribution in [3.05, 3.63) is 35.9 Å². The summed E-state index contributed by atoms with van der Waals surface area (Å²) in [6.45, 7) is 2.75. The second-order valence-electron chi connectivity index (χ2n) is 5.32. The maximum atomic E-state index is 12.1. The molecule has 2 atom stereocenters. The fraction of sp³-hybridized carbons (Fsp3) is 0.500. The third-order valence-corrected chi connectivity index (χ3v) is 3.82. The van der Waals surface area contributed by atoms with E-state index in [-0.39, 0.29) is 5.92 Å². The Hall–Kier alpha value is -2.04. The number of hydrogen-bond acceptors (Lipinski definition) is 3. The van der Waals surface area contributed by atoms with E-state index in [1.165, 1.54) is 4.90 Å². The molecule has 5 nitrogen and oxygen atoms in total. The minimum Gasteiger partial charge on any atom is -0.480 e. The topological polar surface area (TPSA) is 66.8 Å². The zero-order valence-electron chi connectivity index (χ0n) is 12.2. The van der Waals surface area contributed by atoms with Crippen LogP contribution in [0.4, 0.5) is 4.79 Å². The third kappa shape index (κ3) is 3.74. The van der Waals surface area contributed by atoms with Gasteiger partial charge in [-0.2, -0.15) is 0 Å². The van der Waals surface area contributed by atoms with E-state index in [0.29, 0.717) is 19.6 Å². The van der Waals surface area contributed by atoms with E-state index in [4.69, 9.17) is 4.74 Å². The van der Waals surface area contributed by atoms with Gasteiger partial charge in [0.1, 0.15) is 6.04 Å². The second-order valence-corrected chi connectivity index (χ2v) is 5.32. The molecule has 1 amide bonds. The lowest BCUT2D eigenvalue weighted by molar-refractivity contribution is -0.141. The average Bonchev–Trinajstić information content (AvgIpc) is 2.94. The van der Waals surface area contributed by atoms with Gasteiger partial charge >= 0.3 is 12.1 Å². The van der Waals surface area contributed by atoms with Gasteiger partial charge in [-0.05, 0) is 18.4 Å². The summed E-state index contributed by atoms with van der Waals surface area (Å²) >= 11 is 0. The van der Waals surface area contributed by atoms with Crippen LogP contribution in [0.2, 0.25) is 0 Å². The van der Waals surface area contributed by atoms with E-state index in [0.717, 1.165) is 18.4 Å². The number of nitrogens with zero attached hydrogens (tertiary/aromatic N) is 1. The number of carboxylic acid groups (broad SMARTS) is 1. The lowest BCUT2D eigenvalue weighted by atomic mass is 9.96. The number of carboxylic acids is 1. The van der Waals surface area contributed by atoms with Crippen molar-refractivity contribution in [2.45, 2.75) is 38.1 Å². The van der Waals surface area contributed by atoms with Crippen LogP contribution in [-0.4, -0.2) is 41.3 Å². The van der Waals surface area contributed by atoms with Crippen molar-refractivity contribution in [3.8, 4) is 0 Å². The fourth-order valence-corrected chi connectivity index (χ4v) is 2.63. The Morgan fingerprint density at radius 3 is 2.67 bits per heavy atom. The Morgan fingerprint density at radius 1 is 1.33 bits per heavy atom. The summed E-state index contributed by atoms with van der Waals surface area (Å²) in [7, 11) is 0. The van der Waals surface area contributed by atoms with Gasteiger partial charge in [0.15, 0.2) is 0 Å². The molecule has 21 heavy (non-hydrogen) atoms. The standard InChI is InChI=1S/C16H21NO4/c1-2-3-9-21-16(20)17-11-13(10-14(17)15(18)19)12-7-5-4-6-8-12/h4-8,13-14H,2-3,9-11H2,1H3,(H,18,19). The van der Waals surface area contributed by atoms with Gasteiger partial charge in [-0.1, -0.05) is 43.7 Å². The van der Waals surface area contributed by atoms with Crippen molar-refractivity contribution in [2.24, 2.45) is 0 Å². The predicted octanol–water partition coefficient (Wildman–Crippen LogP) is 2.87. The van der Waals surface area contributed by atoms with E-state index in [2.05, 4.69) is 0 Å². The van der Waals surface area contributed by atoms with Gasteiger partial charge in [0.05, 0.1) is 6.61 Å². The van der Waals surface area contributed by atoms with Crippen LogP contribution in [0, 0.1) is 0 Å². The zero-order chi connectivity index (χ0) is 15.2. The first kappa shape index (κ1) is 15.4. The van der Waals surface area contributed by atoms with E-state index in [1.54, 1.807) is 0 Å². The lowest BCUT2D eigenvalue weighted by Crippen LogP contribution is -2.40. The average molecular weight is 291 g/mol. The van der Waals surface area contributed by atoms with Crippen LogP contribution >= 0.6 is 0 Å². The first-order valence-corrected chi connectivity index (χ1v) is 7.34. The lowest BCUT2D eigenvalue weighted by Gasteiger charge is -2.20. The zero-order valence-corrected chi connectivity index (χ0v) is 12.2. The molecule has 1 aliphatic heterocycles. The van der Waals surface area contributed by atoms with Gasteiger partial charge in [0.2, 0.25) is 0 Å². The quantitative estimate of drug-likeness (QED) is 0.847. The first-order chi connectivity index (χ1) is 10.1. The summed E-state index contributed by atoms with van der Waals surface area (Å²) in [5, 5.41) is 9.32. The minimum absolute atomic E-state index is 0.0472. The van der Waals surface area contributed by atoms with Crippen molar-refractivity contribution in [3.63, 3.8) is 0 Å². The molecule has 1 aliphatic rings. The molecule has 5 heteroatoms. The Bertz CT molecular complexity index is 488. The third-order valence-electron chi connectivity index (χ3n) is 3.82. The number of likely N-dealkylation sites (tertiary alicyclic amines) is 1. The minimum atomic E-state index is -0.971. The van der Waals surface area contributed by atoms with Crippen LogP contribution in [0.5, 0.6) is 0 Å². The molecule has 0 aromatic heterocycles. The molecule has 0 spiro atoms. The van der Waals surface area contributed by atoms with E-state index in [1.807, 2.05) is 37.3 Å². The molecule has 1 N–H and O–H groups in total. The number of carbonyl (C=O) groups excluding carboxylic acids is 1. The number of rotatable bonds is 5. The molecule has 2 rings (SSSR count). The summed E-state index contributed by atoms with van der Waals surface area (Å²) < 4.78 is 5.15. The van der Waals surface area contributed by atoms with Gasteiger partial charge in [0.25, 0.3) is 0 Å². The molecule has 1 aromatic rings. The molecule has 2 unspecified atom stereocenters. The SMILES string of the molecule is CCCCOC(=O)N1CC(c2ccccc2)CC1C(=O)O. The normalized spacial score (nSPS) is 21.3. The van der Waals surface area contributed by atoms with Gasteiger partial charge in [-0.25, -0.2) is 9.59 Å². The summed E-state index contributed by atoms with van der Waals surface area (Å²) in [6, 6.07) is 8.90. The van der Waals surface area contributed by atoms with Gasteiger partial charge in [-0.3, -0.25) is 4.90 Å². The fourth-order valence-electron chi connectivity index (χ4n) is 2.63. The summed E-state index contributed by atoms with van der Waals surface area (Å²) in [4.78, 5) is 24.8. The van der Waals surface area contributed by atoms with Crippen LogP contribution in [0.15, 0.2) is 30.3 Å². The molecule has 0 bridgehead atoms. The first-order valence-electron chi connectivity index (χ1n) is 7.34. The Kier molecular flexibility index (Phi) is 5.20. The predicted molar refractivity (Wildman–Crippen MR) is 78.2 cm³/mol. The van der Waals surface area contributed by atoms with Crippen molar-refractivity contribution in [2.75, 3.05) is 13.2 Å². The van der Waals surface area contributed by atoms with E-state index < -0.39 is 18.1 Å². The van der Waals surface area contributed by atoms with Crippen molar-refractivity contribution in [1.29, 1.82) is 0 Å². The number of carbonyl (C=O) groups is 2. The van der Waals surface area contributed by atoms with Crippen LogP contribution in [0.25, 0.3) is 0 Å². The number of hydrogen-bond donors (Lipinski definition) is 1. The molecule has 114 valence electrons. The van der Waals surface area contributed by atoms with Crippen LogP contribution in [0.3, 0.4) is 0 Å². The van der Waals surface area contributed by atoms with Gasteiger partial charge in [-0.15, -0.1) is 0 Å². The highest BCUT2D eigenvalue weighted by Gasteiger charge is 2.40. The molecule has 1 saturated heterocycles. The Labute approximate surface area is 124 Å². The highest BCUT2D eigenvalue weighted by molar-refractivity contribution is 5.81. The summed E-state index contributed by atoms with van der Waals surface area (Å²) in [6.07, 6.45) is 1.64. The van der Waals surface area contributed by atoms with Crippen molar-refractivity contribution in [1.82, 2.24) is 4.90 Å². The Morgan fingerprint density at radius 2 is 2.05 bits per heavy atom. The number of unbranched alkanes of at least 4 members (excludes halogenated alkanes) is 1. The molecular weight excluding hydrogens is 270 g/mol. The van der Waals surface area contributed by atoms with Gasteiger partial charge in [0, 0.05) is 12.5 Å². The van der Waals surface area contributed by atoms with Crippen LogP contribution < -0.4 is 0 Å². The van der Waals surface area contributed by atoms with Crippen molar-refractivity contribution < 1.29 is 19.4 Å². The molecule has 0 radical (unpaired) electrons.